The molecule has 0 unspecified atom stereocenters. The first kappa shape index (κ1) is 37.0. The molecule has 0 aromatic heterocycles. The number of piperazine rings is 1. The van der Waals surface area contributed by atoms with Crippen molar-refractivity contribution in [2.24, 2.45) is 0 Å². The average Bonchev–Trinajstić information content (AvgIpc) is 2.84. The van der Waals surface area contributed by atoms with Crippen LogP contribution in [0.5, 0.6) is 0 Å². The second-order valence-electron chi connectivity index (χ2n) is 12.1. The highest BCUT2D eigenvalue weighted by Gasteiger charge is 2.39. The van der Waals surface area contributed by atoms with E-state index in [1.54, 1.807) is 6.92 Å². The van der Waals surface area contributed by atoms with Crippen LogP contribution in [-0.2, 0) is 29.8 Å². The number of likely N-dealkylation sites (N-methyl/N-ethyl adjacent to an activating group) is 1. The molecule has 0 atom stereocenters. The predicted molar refractivity (Wildman–Crippen MR) is 155 cm³/mol. The lowest BCUT2D eigenvalue weighted by Crippen LogP contribution is -2.66. The summed E-state index contributed by atoms with van der Waals surface area (Å²) in [4.78, 5) is 11.3. The Balaban J connectivity index is 2.32. The molecule has 1 saturated heterocycles. The fourth-order valence-electron chi connectivity index (χ4n) is 5.51. The Morgan fingerprint density at radius 1 is 0.675 bits per heavy atom. The standard InChI is InChI=1S/C28H54N2O8S2/c1-27(2)28(31)38-24-14-10-8-6-4-5-7-9-13-18-30(19-16-26-40(35,36)37)22-20-29(3,21-23-30)17-12-11-15-25-39(32,33)34/h1,4-26H2,2-3H3. The molecule has 1 aliphatic rings. The Bertz CT molecular complexity index is 959. The number of quaternary nitrogens is 2. The third-order valence-electron chi connectivity index (χ3n) is 8.21. The first-order chi connectivity index (χ1) is 18.7. The van der Waals surface area contributed by atoms with Crippen LogP contribution in [0.25, 0.3) is 0 Å². The second kappa shape index (κ2) is 18.5. The first-order valence-electron chi connectivity index (χ1n) is 15.0. The van der Waals surface area contributed by atoms with Gasteiger partial charge in [0.15, 0.2) is 0 Å². The number of esters is 1. The zero-order valence-corrected chi connectivity index (χ0v) is 26.6. The minimum absolute atomic E-state index is 0.297. The number of hydrogen-bond acceptors (Lipinski definition) is 8. The number of carbonyl (C=O) groups excluding carboxylic acids is 1. The maximum atomic E-state index is 11.3. The summed E-state index contributed by atoms with van der Waals surface area (Å²) in [5, 5.41) is 0. The highest BCUT2D eigenvalue weighted by atomic mass is 32.2. The number of rotatable bonds is 23. The molecule has 10 nitrogen and oxygen atoms in total. The van der Waals surface area contributed by atoms with E-state index >= 15 is 0 Å². The quantitative estimate of drug-likeness (QED) is 0.0562. The van der Waals surface area contributed by atoms with Gasteiger partial charge in [0.25, 0.3) is 0 Å². The van der Waals surface area contributed by atoms with Crippen molar-refractivity contribution in [2.75, 3.05) is 71.0 Å². The zero-order valence-electron chi connectivity index (χ0n) is 24.9. The molecule has 0 aliphatic carbocycles. The number of hydrogen-bond donors (Lipinski definition) is 0. The molecule has 1 heterocycles. The first-order valence-corrected chi connectivity index (χ1v) is 18.2. The molecule has 0 radical (unpaired) electrons. The largest absolute Gasteiger partial charge is 0.748 e. The molecular formula is C28H54N2O8S2. The van der Waals surface area contributed by atoms with Gasteiger partial charge in [-0.25, -0.2) is 21.6 Å². The van der Waals surface area contributed by atoms with E-state index in [0.717, 1.165) is 93.2 Å². The van der Waals surface area contributed by atoms with E-state index < -0.39 is 20.2 Å². The van der Waals surface area contributed by atoms with Crippen molar-refractivity contribution < 1.29 is 44.4 Å². The Morgan fingerprint density at radius 3 is 1.62 bits per heavy atom. The van der Waals surface area contributed by atoms with Crippen LogP contribution in [0.4, 0.5) is 0 Å². The summed E-state index contributed by atoms with van der Waals surface area (Å²) in [6.07, 6.45) is 12.5. The van der Waals surface area contributed by atoms with E-state index in [1.165, 1.54) is 25.7 Å². The maximum Gasteiger partial charge on any atom is 0.333 e. The molecule has 236 valence electrons. The van der Waals surface area contributed by atoms with Crippen molar-refractivity contribution in [3.63, 3.8) is 0 Å². The monoisotopic (exact) mass is 610 g/mol. The Labute approximate surface area is 243 Å². The Morgan fingerprint density at radius 2 is 1.10 bits per heavy atom. The lowest BCUT2D eigenvalue weighted by molar-refractivity contribution is -1.02. The van der Waals surface area contributed by atoms with E-state index in [9.17, 15) is 30.7 Å². The van der Waals surface area contributed by atoms with Gasteiger partial charge in [0.05, 0.1) is 53.5 Å². The molecule has 0 amide bonds. The number of ether oxygens (including phenoxy) is 1. The minimum atomic E-state index is -4.21. The highest BCUT2D eigenvalue weighted by molar-refractivity contribution is 7.85. The molecule has 0 saturated carbocycles. The van der Waals surface area contributed by atoms with Gasteiger partial charge < -0.3 is 22.8 Å². The molecule has 1 rings (SSSR count). The lowest BCUT2D eigenvalue weighted by atomic mass is 10.1. The molecule has 12 heteroatoms. The van der Waals surface area contributed by atoms with Crippen molar-refractivity contribution in [2.45, 2.75) is 90.4 Å². The van der Waals surface area contributed by atoms with Crippen molar-refractivity contribution in [1.82, 2.24) is 0 Å². The maximum absolute atomic E-state index is 11.3. The zero-order chi connectivity index (χ0) is 30.1. The van der Waals surface area contributed by atoms with Crippen LogP contribution < -0.4 is 0 Å². The number of unbranched alkanes of at least 4 members (excludes halogenated alkanes) is 10. The summed E-state index contributed by atoms with van der Waals surface area (Å²) < 4.78 is 72.8. The number of nitrogens with zero attached hydrogens (tertiary/aromatic N) is 2. The smallest absolute Gasteiger partial charge is 0.333 e. The van der Waals surface area contributed by atoms with Crippen LogP contribution in [0.3, 0.4) is 0 Å². The van der Waals surface area contributed by atoms with Crippen molar-refractivity contribution in [3.8, 4) is 0 Å². The predicted octanol–water partition coefficient (Wildman–Crippen LogP) is 3.54. The molecule has 0 aromatic carbocycles. The summed E-state index contributed by atoms with van der Waals surface area (Å²) in [5.41, 5.74) is 0.434. The molecule has 0 spiro atoms. The molecule has 1 fully saturated rings. The van der Waals surface area contributed by atoms with E-state index in [-0.39, 0.29) is 17.5 Å². The fraction of sp³-hybridized carbons (Fsp3) is 0.893. The minimum Gasteiger partial charge on any atom is -0.748 e. The Kier molecular flexibility index (Phi) is 17.1. The SMILES string of the molecule is C=C(C)C(=O)OCCCCCCCCCCC[N+]1(CCCS(=O)(=O)[O-])CC[N+](C)(CCCCCS(=O)(=O)[O-])CC1. The van der Waals surface area contributed by atoms with Gasteiger partial charge in [-0.1, -0.05) is 45.1 Å². The fourth-order valence-corrected chi connectivity index (χ4v) is 6.55. The molecule has 0 bridgehead atoms. The summed E-state index contributed by atoms with van der Waals surface area (Å²) in [7, 11) is -6.14. The van der Waals surface area contributed by atoms with Crippen LogP contribution in [0.1, 0.15) is 90.4 Å². The molecule has 1 aliphatic heterocycles. The highest BCUT2D eigenvalue weighted by Crippen LogP contribution is 2.22. The van der Waals surface area contributed by atoms with Gasteiger partial charge in [0.2, 0.25) is 0 Å². The van der Waals surface area contributed by atoms with E-state index in [1.807, 2.05) is 0 Å². The van der Waals surface area contributed by atoms with Crippen LogP contribution in [0.15, 0.2) is 12.2 Å². The van der Waals surface area contributed by atoms with Gasteiger partial charge in [-0.2, -0.15) is 0 Å². The summed E-state index contributed by atoms with van der Waals surface area (Å²) in [5.74, 6) is -0.923. The normalized spacial score (nSPS) is 21.8. The summed E-state index contributed by atoms with van der Waals surface area (Å²) in [6, 6.07) is 0. The topological polar surface area (TPSA) is 141 Å². The summed E-state index contributed by atoms with van der Waals surface area (Å²) in [6.45, 7) is 12.2. The van der Waals surface area contributed by atoms with Crippen molar-refractivity contribution in [3.05, 3.63) is 12.2 Å². The van der Waals surface area contributed by atoms with E-state index in [0.29, 0.717) is 31.6 Å². The van der Waals surface area contributed by atoms with Crippen LogP contribution in [0, 0.1) is 0 Å². The Hall–Kier alpha value is -1.05. The van der Waals surface area contributed by atoms with Crippen LogP contribution in [-0.4, -0.2) is 112 Å². The third-order valence-corrected chi connectivity index (χ3v) is 9.78. The van der Waals surface area contributed by atoms with Crippen molar-refractivity contribution >= 4 is 26.2 Å². The van der Waals surface area contributed by atoms with Gasteiger partial charge in [-0.3, -0.25) is 0 Å². The van der Waals surface area contributed by atoms with Gasteiger partial charge in [0.1, 0.15) is 26.2 Å². The van der Waals surface area contributed by atoms with Crippen molar-refractivity contribution in [1.29, 1.82) is 0 Å². The molecule has 40 heavy (non-hydrogen) atoms. The average molecular weight is 611 g/mol. The lowest BCUT2D eigenvalue weighted by Gasteiger charge is -2.48. The third kappa shape index (κ3) is 18.4. The number of carbonyl (C=O) groups is 1. The molecule has 0 aromatic rings. The van der Waals surface area contributed by atoms with E-state index in [2.05, 4.69) is 13.6 Å². The van der Waals surface area contributed by atoms with Gasteiger partial charge >= 0.3 is 5.97 Å². The van der Waals surface area contributed by atoms with Crippen LogP contribution >= 0.6 is 0 Å². The molecular weight excluding hydrogens is 556 g/mol. The summed E-state index contributed by atoms with van der Waals surface area (Å²) >= 11 is 0. The second-order valence-corrected chi connectivity index (χ2v) is 15.1. The molecule has 0 N–H and O–H groups in total. The van der Waals surface area contributed by atoms with Gasteiger partial charge in [-0.05, 0) is 45.4 Å². The van der Waals surface area contributed by atoms with Crippen LogP contribution in [0.2, 0.25) is 0 Å². The van der Waals surface area contributed by atoms with Gasteiger partial charge in [-0.15, -0.1) is 0 Å². The van der Waals surface area contributed by atoms with E-state index in [4.69, 9.17) is 4.74 Å². The van der Waals surface area contributed by atoms with Gasteiger partial charge in [0, 0.05) is 23.5 Å².